The summed E-state index contributed by atoms with van der Waals surface area (Å²) in [5.74, 6) is 0. The van der Waals surface area contributed by atoms with Gasteiger partial charge in [0.25, 0.3) is 0 Å². The van der Waals surface area contributed by atoms with Crippen LogP contribution >= 0.6 is 0 Å². The van der Waals surface area contributed by atoms with Crippen molar-refractivity contribution in [2.24, 2.45) is 4.99 Å². The quantitative estimate of drug-likeness (QED) is 0.546. The number of hydrogen-bond donors (Lipinski definition) is 0. The molecule has 5 heteroatoms. The molecule has 1 heterocycles. The molecule has 0 bridgehead atoms. The number of aliphatic imine (C=N–C) groups is 1. The Morgan fingerprint density at radius 3 is 2.75 bits per heavy atom. The SMILES string of the molecule is CCOC(=O)OC(C)(C)[N+]1(C)C=CN=CC1. The smallest absolute Gasteiger partial charge is 0.434 e. The van der Waals surface area contributed by atoms with Crippen molar-refractivity contribution < 1.29 is 18.8 Å². The lowest BCUT2D eigenvalue weighted by molar-refractivity contribution is -0.925. The Hall–Kier alpha value is -1.36. The third-order valence-corrected chi connectivity index (χ3v) is 2.87. The molecule has 0 amide bonds. The van der Waals surface area contributed by atoms with Crippen LogP contribution in [0.25, 0.3) is 0 Å². The number of carbonyl (C=O) groups excluding carboxylic acids is 1. The highest BCUT2D eigenvalue weighted by atomic mass is 16.7. The summed E-state index contributed by atoms with van der Waals surface area (Å²) < 4.78 is 10.6. The molecule has 0 aromatic rings. The molecule has 0 aromatic carbocycles. The second-order valence-corrected chi connectivity index (χ2v) is 4.31. The van der Waals surface area contributed by atoms with Crippen molar-refractivity contribution in [3.8, 4) is 0 Å². The first-order chi connectivity index (χ1) is 7.41. The Kier molecular flexibility index (Phi) is 3.70. The maximum Gasteiger partial charge on any atom is 0.513 e. The van der Waals surface area contributed by atoms with E-state index in [1.54, 1.807) is 19.3 Å². The number of quaternary nitrogens is 1. The third-order valence-electron chi connectivity index (χ3n) is 2.87. The number of ether oxygens (including phenoxy) is 2. The van der Waals surface area contributed by atoms with Gasteiger partial charge in [-0.1, -0.05) is 0 Å². The first-order valence-corrected chi connectivity index (χ1v) is 5.32. The van der Waals surface area contributed by atoms with Crippen LogP contribution in [0.4, 0.5) is 4.79 Å². The van der Waals surface area contributed by atoms with E-state index in [-0.39, 0.29) is 0 Å². The van der Waals surface area contributed by atoms with E-state index < -0.39 is 11.9 Å². The molecular weight excluding hydrogens is 208 g/mol. The van der Waals surface area contributed by atoms with Gasteiger partial charge in [0.05, 0.1) is 26.1 Å². The Balaban J connectivity index is 2.72. The van der Waals surface area contributed by atoms with Crippen molar-refractivity contribution in [2.75, 3.05) is 20.2 Å². The lowest BCUT2D eigenvalue weighted by atomic mass is 10.2. The largest absolute Gasteiger partial charge is 0.513 e. The molecule has 0 aromatic heterocycles. The van der Waals surface area contributed by atoms with Crippen molar-refractivity contribution in [2.45, 2.75) is 26.5 Å². The van der Waals surface area contributed by atoms with Gasteiger partial charge in [-0.3, -0.25) is 9.48 Å². The molecule has 0 aliphatic carbocycles. The topological polar surface area (TPSA) is 47.9 Å². The fourth-order valence-electron chi connectivity index (χ4n) is 1.38. The van der Waals surface area contributed by atoms with Crippen molar-refractivity contribution in [1.29, 1.82) is 0 Å². The van der Waals surface area contributed by atoms with E-state index in [4.69, 9.17) is 9.47 Å². The first kappa shape index (κ1) is 12.7. The van der Waals surface area contributed by atoms with Crippen molar-refractivity contribution in [3.63, 3.8) is 0 Å². The van der Waals surface area contributed by atoms with Gasteiger partial charge in [-0.2, -0.15) is 0 Å². The summed E-state index contributed by atoms with van der Waals surface area (Å²) in [5, 5.41) is 0. The highest BCUT2D eigenvalue weighted by Gasteiger charge is 2.43. The normalized spacial score (nSPS) is 24.2. The van der Waals surface area contributed by atoms with Gasteiger partial charge in [-0.05, 0) is 6.92 Å². The number of rotatable bonds is 3. The van der Waals surface area contributed by atoms with E-state index >= 15 is 0 Å². The van der Waals surface area contributed by atoms with E-state index in [0.29, 0.717) is 17.6 Å². The summed E-state index contributed by atoms with van der Waals surface area (Å²) in [6.45, 7) is 6.46. The standard InChI is InChI=1S/C11H19N2O3/c1-5-15-10(14)16-11(2,3)13(4)8-6-12-7-9-13/h6-8H,5,9H2,1-4H3/q+1. The average Bonchev–Trinajstić information content (AvgIpc) is 2.18. The van der Waals surface area contributed by atoms with Crippen LogP contribution in [0.2, 0.25) is 0 Å². The van der Waals surface area contributed by atoms with Crippen LogP contribution in [-0.2, 0) is 9.47 Å². The van der Waals surface area contributed by atoms with Crippen LogP contribution in [-0.4, -0.2) is 42.8 Å². The molecule has 1 rings (SSSR count). The lowest BCUT2D eigenvalue weighted by Gasteiger charge is -2.42. The zero-order chi connectivity index (χ0) is 12.2. The van der Waals surface area contributed by atoms with Gasteiger partial charge >= 0.3 is 6.16 Å². The molecule has 0 saturated carbocycles. The van der Waals surface area contributed by atoms with Gasteiger partial charge in [0.15, 0.2) is 0 Å². The van der Waals surface area contributed by atoms with E-state index in [9.17, 15) is 4.79 Å². The zero-order valence-electron chi connectivity index (χ0n) is 10.3. The fourth-order valence-corrected chi connectivity index (χ4v) is 1.38. The number of nitrogens with zero attached hydrogens (tertiary/aromatic N) is 2. The minimum Gasteiger partial charge on any atom is -0.434 e. The summed E-state index contributed by atoms with van der Waals surface area (Å²) in [5.41, 5.74) is -0.685. The summed E-state index contributed by atoms with van der Waals surface area (Å²) in [4.78, 5) is 15.3. The van der Waals surface area contributed by atoms with Gasteiger partial charge < -0.3 is 9.47 Å². The Labute approximate surface area is 95.9 Å². The molecular formula is C11H19N2O3+. The second kappa shape index (κ2) is 4.65. The van der Waals surface area contributed by atoms with Crippen LogP contribution in [0.15, 0.2) is 17.4 Å². The minimum atomic E-state index is -0.685. The van der Waals surface area contributed by atoms with Crippen LogP contribution in [0, 0.1) is 0 Å². The third kappa shape index (κ3) is 2.61. The number of hydrogen-bond acceptors (Lipinski definition) is 4. The highest BCUT2D eigenvalue weighted by Crippen LogP contribution is 2.26. The van der Waals surface area contributed by atoms with Gasteiger partial charge in [-0.25, -0.2) is 4.79 Å². The number of carbonyl (C=O) groups is 1. The van der Waals surface area contributed by atoms with Gasteiger partial charge in [0.2, 0.25) is 5.72 Å². The average molecular weight is 227 g/mol. The van der Waals surface area contributed by atoms with Crippen LogP contribution in [0.3, 0.4) is 0 Å². The molecule has 5 nitrogen and oxygen atoms in total. The molecule has 0 spiro atoms. The summed E-state index contributed by atoms with van der Waals surface area (Å²) >= 11 is 0. The summed E-state index contributed by atoms with van der Waals surface area (Å²) in [7, 11) is 1.97. The van der Waals surface area contributed by atoms with Crippen molar-refractivity contribution >= 4 is 12.4 Å². The van der Waals surface area contributed by atoms with Crippen molar-refractivity contribution in [3.05, 3.63) is 12.4 Å². The first-order valence-electron chi connectivity index (χ1n) is 5.32. The molecule has 1 aliphatic rings. The molecule has 1 aliphatic heterocycles. The van der Waals surface area contributed by atoms with Crippen LogP contribution in [0.1, 0.15) is 20.8 Å². The summed E-state index contributed by atoms with van der Waals surface area (Å²) in [6.07, 6.45) is 4.78. The molecule has 0 saturated heterocycles. The molecule has 1 unspecified atom stereocenters. The Morgan fingerprint density at radius 2 is 2.25 bits per heavy atom. The van der Waals surface area contributed by atoms with E-state index in [1.807, 2.05) is 27.1 Å². The molecule has 16 heavy (non-hydrogen) atoms. The fraction of sp³-hybridized carbons (Fsp3) is 0.636. The van der Waals surface area contributed by atoms with E-state index in [2.05, 4.69) is 4.99 Å². The highest BCUT2D eigenvalue weighted by molar-refractivity contribution is 5.61. The minimum absolute atomic E-state index is 0.315. The predicted octanol–water partition coefficient (Wildman–Crippen LogP) is 1.90. The molecule has 1 atom stereocenters. The van der Waals surface area contributed by atoms with E-state index in [0.717, 1.165) is 0 Å². The maximum atomic E-state index is 11.3. The monoisotopic (exact) mass is 227 g/mol. The van der Waals surface area contributed by atoms with Gasteiger partial charge in [0.1, 0.15) is 12.7 Å². The second-order valence-electron chi connectivity index (χ2n) is 4.31. The Bertz CT molecular complexity index is 323. The van der Waals surface area contributed by atoms with Crippen LogP contribution in [0.5, 0.6) is 0 Å². The molecule has 90 valence electrons. The zero-order valence-corrected chi connectivity index (χ0v) is 10.3. The molecule has 0 radical (unpaired) electrons. The summed E-state index contributed by atoms with van der Waals surface area (Å²) in [6, 6.07) is 0. The van der Waals surface area contributed by atoms with Gasteiger partial charge in [-0.15, -0.1) is 0 Å². The van der Waals surface area contributed by atoms with Crippen LogP contribution < -0.4 is 0 Å². The molecule has 0 N–H and O–H groups in total. The van der Waals surface area contributed by atoms with E-state index in [1.165, 1.54) is 0 Å². The predicted molar refractivity (Wildman–Crippen MR) is 60.9 cm³/mol. The lowest BCUT2D eigenvalue weighted by Crippen LogP contribution is -2.58. The van der Waals surface area contributed by atoms with Crippen molar-refractivity contribution in [1.82, 2.24) is 0 Å². The Morgan fingerprint density at radius 1 is 1.56 bits per heavy atom. The maximum absolute atomic E-state index is 11.3. The van der Waals surface area contributed by atoms with Gasteiger partial charge in [0, 0.05) is 13.8 Å². The molecule has 0 fully saturated rings.